The zero-order chi connectivity index (χ0) is 13.0. The molecule has 0 atom stereocenters. The second-order valence-electron chi connectivity index (χ2n) is 4.58. The molecule has 18 heavy (non-hydrogen) atoms. The van der Waals surface area contributed by atoms with Gasteiger partial charge in [-0.1, -0.05) is 19.3 Å². The van der Waals surface area contributed by atoms with E-state index in [0.717, 1.165) is 25.0 Å². The largest absolute Gasteiger partial charge is 0.416 e. The van der Waals surface area contributed by atoms with E-state index in [9.17, 15) is 13.2 Å². The fourth-order valence-electron chi connectivity index (χ4n) is 2.08. The predicted octanol–water partition coefficient (Wildman–Crippen LogP) is 3.92. The van der Waals surface area contributed by atoms with Crippen molar-refractivity contribution in [1.82, 2.24) is 5.48 Å². The minimum Gasteiger partial charge on any atom is -0.408 e. The summed E-state index contributed by atoms with van der Waals surface area (Å²) < 4.78 is 37.0. The van der Waals surface area contributed by atoms with Crippen LogP contribution in [0.4, 0.5) is 13.2 Å². The van der Waals surface area contributed by atoms with Crippen LogP contribution in [0, 0.1) is 0 Å². The van der Waals surface area contributed by atoms with Crippen LogP contribution in [0.3, 0.4) is 0 Å². The molecule has 1 aliphatic rings. The zero-order valence-corrected chi connectivity index (χ0v) is 9.96. The van der Waals surface area contributed by atoms with Gasteiger partial charge in [-0.25, -0.2) is 0 Å². The summed E-state index contributed by atoms with van der Waals surface area (Å²) in [7, 11) is 0. The number of alkyl halides is 3. The van der Waals surface area contributed by atoms with E-state index >= 15 is 0 Å². The maximum absolute atomic E-state index is 12.3. The van der Waals surface area contributed by atoms with Crippen molar-refractivity contribution in [3.05, 3.63) is 29.8 Å². The van der Waals surface area contributed by atoms with E-state index in [1.54, 1.807) is 0 Å². The first-order valence-electron chi connectivity index (χ1n) is 6.15. The van der Waals surface area contributed by atoms with Crippen LogP contribution in [0.2, 0.25) is 0 Å². The van der Waals surface area contributed by atoms with Crippen molar-refractivity contribution in [1.29, 1.82) is 0 Å². The Morgan fingerprint density at radius 3 is 2.17 bits per heavy atom. The highest BCUT2D eigenvalue weighted by atomic mass is 19.4. The van der Waals surface area contributed by atoms with Gasteiger partial charge in [0.2, 0.25) is 0 Å². The topological polar surface area (TPSA) is 21.3 Å². The number of hydroxylamine groups is 1. The van der Waals surface area contributed by atoms with Crippen molar-refractivity contribution < 1.29 is 18.0 Å². The van der Waals surface area contributed by atoms with E-state index in [0.29, 0.717) is 11.8 Å². The minimum absolute atomic E-state index is 0.307. The van der Waals surface area contributed by atoms with Crippen LogP contribution in [-0.2, 0) is 6.18 Å². The number of nitrogens with one attached hydrogen (secondary N) is 1. The third-order valence-corrected chi connectivity index (χ3v) is 3.13. The van der Waals surface area contributed by atoms with Gasteiger partial charge in [0, 0.05) is 6.04 Å². The van der Waals surface area contributed by atoms with Crippen LogP contribution in [0.1, 0.15) is 37.7 Å². The standard InChI is InChI=1S/C13H16F3NO/c14-13(15,16)10-6-8-12(9-7-10)18-17-11-4-2-1-3-5-11/h6-9,11,17H,1-5H2. The summed E-state index contributed by atoms with van der Waals surface area (Å²) in [5.41, 5.74) is 2.26. The molecule has 0 amide bonds. The Kier molecular flexibility index (Phi) is 4.11. The van der Waals surface area contributed by atoms with Crippen molar-refractivity contribution in [3.8, 4) is 5.75 Å². The van der Waals surface area contributed by atoms with E-state index in [-0.39, 0.29) is 0 Å². The molecule has 100 valence electrons. The molecule has 0 radical (unpaired) electrons. The van der Waals surface area contributed by atoms with E-state index < -0.39 is 11.7 Å². The lowest BCUT2D eigenvalue weighted by atomic mass is 9.96. The molecule has 0 aromatic heterocycles. The summed E-state index contributed by atoms with van der Waals surface area (Å²) in [4.78, 5) is 5.30. The fraction of sp³-hybridized carbons (Fsp3) is 0.538. The van der Waals surface area contributed by atoms with Gasteiger partial charge in [-0.2, -0.15) is 18.7 Å². The molecular formula is C13H16F3NO. The Balaban J connectivity index is 1.86. The number of benzene rings is 1. The molecule has 0 unspecified atom stereocenters. The van der Waals surface area contributed by atoms with Crippen molar-refractivity contribution in [3.63, 3.8) is 0 Å². The monoisotopic (exact) mass is 259 g/mol. The van der Waals surface area contributed by atoms with Crippen molar-refractivity contribution in [2.45, 2.75) is 44.3 Å². The van der Waals surface area contributed by atoms with E-state index in [1.807, 2.05) is 0 Å². The van der Waals surface area contributed by atoms with Crippen LogP contribution in [0.25, 0.3) is 0 Å². The van der Waals surface area contributed by atoms with E-state index in [4.69, 9.17) is 4.84 Å². The second-order valence-corrected chi connectivity index (χ2v) is 4.58. The zero-order valence-electron chi connectivity index (χ0n) is 9.96. The van der Waals surface area contributed by atoms with Gasteiger partial charge in [-0.3, -0.25) is 0 Å². The molecule has 1 aromatic carbocycles. The van der Waals surface area contributed by atoms with Gasteiger partial charge < -0.3 is 4.84 Å². The molecule has 1 N–H and O–H groups in total. The number of hydrogen-bond donors (Lipinski definition) is 1. The lowest BCUT2D eigenvalue weighted by Crippen LogP contribution is -2.33. The Hall–Kier alpha value is -1.23. The van der Waals surface area contributed by atoms with Gasteiger partial charge in [0.1, 0.15) is 5.75 Å². The molecular weight excluding hydrogens is 243 g/mol. The Labute approximate surface area is 104 Å². The summed E-state index contributed by atoms with van der Waals surface area (Å²) in [6.07, 6.45) is 1.41. The first kappa shape index (κ1) is 13.2. The van der Waals surface area contributed by atoms with Gasteiger partial charge in [0.25, 0.3) is 0 Å². The van der Waals surface area contributed by atoms with Gasteiger partial charge >= 0.3 is 6.18 Å². The summed E-state index contributed by atoms with van der Waals surface area (Å²) in [6, 6.07) is 5.02. The quantitative estimate of drug-likeness (QED) is 0.831. The Morgan fingerprint density at radius 2 is 1.61 bits per heavy atom. The van der Waals surface area contributed by atoms with Gasteiger partial charge in [0.05, 0.1) is 5.56 Å². The second kappa shape index (κ2) is 5.61. The lowest BCUT2D eigenvalue weighted by Gasteiger charge is -2.22. The molecule has 0 aliphatic heterocycles. The molecule has 0 spiro atoms. The average Bonchev–Trinajstić information content (AvgIpc) is 2.37. The highest BCUT2D eigenvalue weighted by Gasteiger charge is 2.30. The third-order valence-electron chi connectivity index (χ3n) is 3.13. The maximum Gasteiger partial charge on any atom is 0.416 e. The number of halogens is 3. The lowest BCUT2D eigenvalue weighted by molar-refractivity contribution is -0.137. The summed E-state index contributed by atoms with van der Waals surface area (Å²) in [6.45, 7) is 0. The fourth-order valence-corrected chi connectivity index (χ4v) is 2.08. The SMILES string of the molecule is FC(F)(F)c1ccc(ONC2CCCCC2)cc1. The maximum atomic E-state index is 12.3. The van der Waals surface area contributed by atoms with Crippen LogP contribution >= 0.6 is 0 Å². The Morgan fingerprint density at radius 1 is 1.00 bits per heavy atom. The van der Waals surface area contributed by atoms with Crippen LogP contribution < -0.4 is 10.3 Å². The highest BCUT2D eigenvalue weighted by Crippen LogP contribution is 2.30. The van der Waals surface area contributed by atoms with Crippen LogP contribution in [-0.4, -0.2) is 6.04 Å². The molecule has 2 rings (SSSR count). The van der Waals surface area contributed by atoms with Crippen LogP contribution in [0.5, 0.6) is 5.75 Å². The molecule has 5 heteroatoms. The first-order valence-corrected chi connectivity index (χ1v) is 6.15. The molecule has 1 saturated carbocycles. The normalized spacial score (nSPS) is 17.7. The van der Waals surface area contributed by atoms with E-state index in [2.05, 4.69) is 5.48 Å². The van der Waals surface area contributed by atoms with Crippen molar-refractivity contribution >= 4 is 0 Å². The van der Waals surface area contributed by atoms with Crippen molar-refractivity contribution in [2.24, 2.45) is 0 Å². The number of hydrogen-bond acceptors (Lipinski definition) is 2. The summed E-state index contributed by atoms with van der Waals surface area (Å²) in [5, 5.41) is 0. The van der Waals surface area contributed by atoms with E-state index in [1.165, 1.54) is 31.4 Å². The van der Waals surface area contributed by atoms with Crippen molar-refractivity contribution in [2.75, 3.05) is 0 Å². The first-order chi connectivity index (χ1) is 8.55. The minimum atomic E-state index is -4.30. The van der Waals surface area contributed by atoms with Gasteiger partial charge in [-0.15, -0.1) is 0 Å². The smallest absolute Gasteiger partial charge is 0.408 e. The van der Waals surface area contributed by atoms with Crippen LogP contribution in [0.15, 0.2) is 24.3 Å². The molecule has 0 bridgehead atoms. The predicted molar refractivity (Wildman–Crippen MR) is 62.1 cm³/mol. The summed E-state index contributed by atoms with van der Waals surface area (Å²) in [5.74, 6) is 0.411. The van der Waals surface area contributed by atoms with Gasteiger partial charge in [-0.05, 0) is 37.1 Å². The summed E-state index contributed by atoms with van der Waals surface area (Å²) >= 11 is 0. The average molecular weight is 259 g/mol. The van der Waals surface area contributed by atoms with Gasteiger partial charge in [0.15, 0.2) is 0 Å². The molecule has 2 nitrogen and oxygen atoms in total. The molecule has 0 saturated heterocycles. The molecule has 1 aliphatic carbocycles. The molecule has 1 aromatic rings. The third kappa shape index (κ3) is 3.63. The molecule has 1 fully saturated rings. The number of rotatable bonds is 3. The Bertz CT molecular complexity index is 369. The highest BCUT2D eigenvalue weighted by molar-refractivity contribution is 5.28. The molecule has 0 heterocycles.